The number of hydrogen-bond acceptors (Lipinski definition) is 3. The molecule has 0 spiro atoms. The summed E-state index contributed by atoms with van der Waals surface area (Å²) in [4.78, 5) is 13.4. The van der Waals surface area contributed by atoms with Crippen molar-refractivity contribution in [1.82, 2.24) is 5.32 Å². The smallest absolute Gasteiger partial charge is 0.252 e. The van der Waals surface area contributed by atoms with Gasteiger partial charge in [-0.2, -0.15) is 0 Å². The summed E-state index contributed by atoms with van der Waals surface area (Å²) in [5.74, 6) is 0.395. The minimum atomic E-state index is 0.0151. The molecule has 1 N–H and O–H groups in total. The summed E-state index contributed by atoms with van der Waals surface area (Å²) in [7, 11) is 0. The predicted octanol–water partition coefficient (Wildman–Crippen LogP) is 4.54. The van der Waals surface area contributed by atoms with Gasteiger partial charge >= 0.3 is 0 Å². The molecule has 1 atom stereocenters. The number of hydrogen-bond donors (Lipinski definition) is 1. The zero-order valence-corrected chi connectivity index (χ0v) is 13.9. The van der Waals surface area contributed by atoms with Crippen LogP contribution in [0.5, 0.6) is 0 Å². The average Bonchev–Trinajstić information content (AvgIpc) is 2.95. The van der Waals surface area contributed by atoms with Crippen LogP contribution in [0.4, 0.5) is 0 Å². The quantitative estimate of drug-likeness (QED) is 0.762. The van der Waals surface area contributed by atoms with Crippen molar-refractivity contribution in [3.8, 4) is 0 Å². The second kappa shape index (κ2) is 6.16. The molecule has 0 aromatic carbocycles. The summed E-state index contributed by atoms with van der Waals surface area (Å²) in [6, 6.07) is 6.11. The summed E-state index contributed by atoms with van der Waals surface area (Å²) < 4.78 is 1.13. The molecule has 5 heteroatoms. The Morgan fingerprint density at radius 2 is 2.17 bits per heavy atom. The fourth-order valence-corrected chi connectivity index (χ4v) is 3.96. The highest BCUT2D eigenvalue weighted by molar-refractivity contribution is 14.1. The van der Waals surface area contributed by atoms with Gasteiger partial charge in [0, 0.05) is 10.3 Å². The van der Waals surface area contributed by atoms with Crippen LogP contribution in [0.15, 0.2) is 29.0 Å². The van der Waals surface area contributed by atoms with Gasteiger partial charge in [-0.3, -0.25) is 4.79 Å². The van der Waals surface area contributed by atoms with E-state index in [9.17, 15) is 4.79 Å². The molecule has 0 bridgehead atoms. The van der Waals surface area contributed by atoms with Gasteiger partial charge in [0.1, 0.15) is 0 Å². The molecule has 0 radical (unpaired) electrons. The van der Waals surface area contributed by atoms with Gasteiger partial charge in [0.15, 0.2) is 0 Å². The second-order valence-electron chi connectivity index (χ2n) is 4.35. The zero-order valence-electron chi connectivity index (χ0n) is 10.1. The van der Waals surface area contributed by atoms with Gasteiger partial charge < -0.3 is 5.32 Å². The first-order chi connectivity index (χ1) is 8.58. The molecular weight excluding hydrogens is 377 g/mol. The molecule has 2 rings (SSSR count). The Kier molecular flexibility index (Phi) is 4.80. The summed E-state index contributed by atoms with van der Waals surface area (Å²) in [5, 5.41) is 7.07. The maximum absolute atomic E-state index is 12.2. The van der Waals surface area contributed by atoms with Crippen molar-refractivity contribution in [3.63, 3.8) is 0 Å². The highest BCUT2D eigenvalue weighted by atomic mass is 127. The normalized spacial score (nSPS) is 12.7. The third-order valence-corrected chi connectivity index (χ3v) is 5.38. The van der Waals surface area contributed by atoms with Crippen molar-refractivity contribution >= 4 is 51.2 Å². The van der Waals surface area contributed by atoms with Crippen LogP contribution in [0.3, 0.4) is 0 Å². The molecular formula is C13H14INOS2. The summed E-state index contributed by atoms with van der Waals surface area (Å²) in [6.45, 7) is 4.25. The lowest BCUT2D eigenvalue weighted by Gasteiger charge is -2.20. The Balaban J connectivity index is 2.13. The van der Waals surface area contributed by atoms with Crippen LogP contribution in [0.25, 0.3) is 0 Å². The Labute approximate surface area is 129 Å². The molecule has 0 saturated heterocycles. The van der Waals surface area contributed by atoms with Crippen LogP contribution in [0.1, 0.15) is 35.1 Å². The van der Waals surface area contributed by atoms with Crippen molar-refractivity contribution in [2.24, 2.45) is 5.92 Å². The van der Waals surface area contributed by atoms with E-state index in [1.54, 1.807) is 22.7 Å². The maximum Gasteiger partial charge on any atom is 0.252 e. The number of nitrogens with one attached hydrogen (secondary N) is 1. The standard InChI is InChI=1S/C13H14INOS2/c1-8(2)12(10-4-3-5-17-10)15-13(16)9-6-11(14)18-7-9/h3-8,12H,1-2H3,(H,15,16). The van der Waals surface area contributed by atoms with E-state index in [1.807, 2.05) is 22.9 Å². The fourth-order valence-electron chi connectivity index (χ4n) is 1.69. The highest BCUT2D eigenvalue weighted by Gasteiger charge is 2.20. The van der Waals surface area contributed by atoms with E-state index in [2.05, 4.69) is 47.8 Å². The molecule has 0 aliphatic heterocycles. The lowest BCUT2D eigenvalue weighted by Crippen LogP contribution is -2.30. The van der Waals surface area contributed by atoms with Crippen molar-refractivity contribution in [1.29, 1.82) is 0 Å². The van der Waals surface area contributed by atoms with Gasteiger partial charge in [-0.05, 0) is 46.0 Å². The van der Waals surface area contributed by atoms with Gasteiger partial charge in [0.25, 0.3) is 5.91 Å². The maximum atomic E-state index is 12.2. The van der Waals surface area contributed by atoms with E-state index >= 15 is 0 Å². The topological polar surface area (TPSA) is 29.1 Å². The molecule has 96 valence electrons. The Hall–Kier alpha value is -0.400. The number of carbonyl (C=O) groups excluding carboxylic acids is 1. The number of halogens is 1. The van der Waals surface area contributed by atoms with Crippen LogP contribution in [-0.2, 0) is 0 Å². The molecule has 2 aromatic heterocycles. The molecule has 0 aliphatic carbocycles. The first-order valence-corrected chi connectivity index (χ1v) is 8.50. The summed E-state index contributed by atoms with van der Waals surface area (Å²) in [6.07, 6.45) is 0. The molecule has 2 aromatic rings. The van der Waals surface area contributed by atoms with Crippen molar-refractivity contribution in [2.75, 3.05) is 0 Å². The van der Waals surface area contributed by atoms with E-state index in [0.29, 0.717) is 5.92 Å². The monoisotopic (exact) mass is 391 g/mol. The number of thiophene rings is 2. The number of amides is 1. The lowest BCUT2D eigenvalue weighted by atomic mass is 10.0. The number of rotatable bonds is 4. The molecule has 1 unspecified atom stereocenters. The molecule has 2 nitrogen and oxygen atoms in total. The van der Waals surface area contributed by atoms with Gasteiger partial charge in [0.05, 0.1) is 14.5 Å². The van der Waals surface area contributed by atoms with Crippen LogP contribution in [0, 0.1) is 8.80 Å². The zero-order chi connectivity index (χ0) is 13.1. The third-order valence-electron chi connectivity index (χ3n) is 2.63. The molecule has 18 heavy (non-hydrogen) atoms. The van der Waals surface area contributed by atoms with Gasteiger partial charge in [-0.1, -0.05) is 19.9 Å². The summed E-state index contributed by atoms with van der Waals surface area (Å²) in [5.41, 5.74) is 0.756. The van der Waals surface area contributed by atoms with Gasteiger partial charge in [-0.15, -0.1) is 22.7 Å². The Bertz CT molecular complexity index is 519. The van der Waals surface area contributed by atoms with E-state index in [0.717, 1.165) is 8.45 Å². The molecule has 0 fully saturated rings. The minimum Gasteiger partial charge on any atom is -0.344 e. The van der Waals surface area contributed by atoms with Crippen molar-refractivity contribution < 1.29 is 4.79 Å². The lowest BCUT2D eigenvalue weighted by molar-refractivity contribution is 0.0927. The SMILES string of the molecule is CC(C)C(NC(=O)c1csc(I)c1)c1cccs1. The Morgan fingerprint density at radius 1 is 1.39 bits per heavy atom. The van der Waals surface area contributed by atoms with E-state index in [-0.39, 0.29) is 11.9 Å². The highest BCUT2D eigenvalue weighted by Crippen LogP contribution is 2.26. The molecule has 0 aliphatic rings. The third kappa shape index (κ3) is 3.33. The predicted molar refractivity (Wildman–Crippen MR) is 86.4 cm³/mol. The Morgan fingerprint density at radius 3 is 2.67 bits per heavy atom. The van der Waals surface area contributed by atoms with Crippen LogP contribution in [0.2, 0.25) is 0 Å². The van der Waals surface area contributed by atoms with Gasteiger partial charge in [-0.25, -0.2) is 0 Å². The van der Waals surface area contributed by atoms with Crippen molar-refractivity contribution in [3.05, 3.63) is 42.3 Å². The molecule has 0 saturated carbocycles. The first-order valence-electron chi connectivity index (χ1n) is 5.66. The fraction of sp³-hybridized carbons (Fsp3) is 0.308. The average molecular weight is 391 g/mol. The molecule has 2 heterocycles. The van der Waals surface area contributed by atoms with E-state index < -0.39 is 0 Å². The van der Waals surface area contributed by atoms with Crippen LogP contribution >= 0.6 is 45.3 Å². The minimum absolute atomic E-state index is 0.0151. The van der Waals surface area contributed by atoms with Crippen LogP contribution in [-0.4, -0.2) is 5.91 Å². The second-order valence-corrected chi connectivity index (χ2v) is 8.13. The van der Waals surface area contributed by atoms with Crippen LogP contribution < -0.4 is 5.32 Å². The summed E-state index contributed by atoms with van der Waals surface area (Å²) >= 11 is 5.51. The van der Waals surface area contributed by atoms with Gasteiger partial charge in [0.2, 0.25) is 0 Å². The van der Waals surface area contributed by atoms with Crippen molar-refractivity contribution in [2.45, 2.75) is 19.9 Å². The van der Waals surface area contributed by atoms with E-state index in [4.69, 9.17) is 0 Å². The first kappa shape index (κ1) is 14.0. The largest absolute Gasteiger partial charge is 0.344 e. The number of carbonyl (C=O) groups is 1. The molecule has 1 amide bonds. The van der Waals surface area contributed by atoms with E-state index in [1.165, 1.54) is 4.88 Å².